The molecular formula is C29H32ClF3N5O3P. The highest BCUT2D eigenvalue weighted by Gasteiger charge is 2.42. The number of ether oxygens (including phenoxy) is 2. The molecule has 2 aromatic carbocycles. The maximum atomic E-state index is 12.9. The Morgan fingerprint density at radius 2 is 1.86 bits per heavy atom. The third-order valence-corrected chi connectivity index (χ3v) is 9.95. The van der Waals surface area contributed by atoms with Crippen LogP contribution in [0.3, 0.4) is 0 Å². The summed E-state index contributed by atoms with van der Waals surface area (Å²) in [5.41, 5.74) is 3.82. The highest BCUT2D eigenvalue weighted by Crippen LogP contribution is 2.41. The summed E-state index contributed by atoms with van der Waals surface area (Å²) in [7, 11) is -3.02. The molecule has 0 saturated carbocycles. The zero-order valence-electron chi connectivity index (χ0n) is 23.2. The Balaban J connectivity index is 1.17. The van der Waals surface area contributed by atoms with Crippen LogP contribution in [-0.4, -0.2) is 65.9 Å². The fourth-order valence-corrected chi connectivity index (χ4v) is 7.50. The third kappa shape index (κ3) is 6.54. The van der Waals surface area contributed by atoms with Crippen molar-refractivity contribution in [1.29, 1.82) is 0 Å². The average Bonchev–Trinajstić information content (AvgIpc) is 3.49. The molecule has 6 rings (SSSR count). The Hall–Kier alpha value is -2.85. The van der Waals surface area contributed by atoms with Crippen molar-refractivity contribution in [3.63, 3.8) is 0 Å². The molecule has 42 heavy (non-hydrogen) atoms. The fraction of sp³-hybridized carbons (Fsp3) is 0.448. The van der Waals surface area contributed by atoms with Crippen LogP contribution in [0, 0.1) is 0 Å². The molecule has 224 valence electrons. The summed E-state index contributed by atoms with van der Waals surface area (Å²) < 4.78 is 61.1. The second-order valence-electron chi connectivity index (χ2n) is 11.5. The quantitative estimate of drug-likeness (QED) is 0.229. The first kappa shape index (κ1) is 29.2. The van der Waals surface area contributed by atoms with Gasteiger partial charge in [0.05, 0.1) is 24.6 Å². The summed E-state index contributed by atoms with van der Waals surface area (Å²) in [6.45, 7) is 4.83. The van der Waals surface area contributed by atoms with Gasteiger partial charge in [0.25, 0.3) is 0 Å². The molecule has 2 N–H and O–H groups in total. The summed E-state index contributed by atoms with van der Waals surface area (Å²) >= 11 is 6.37. The molecule has 3 aliphatic rings. The Morgan fingerprint density at radius 3 is 2.55 bits per heavy atom. The minimum Gasteiger partial charge on any atom is -0.406 e. The molecule has 2 aliphatic heterocycles. The van der Waals surface area contributed by atoms with Crippen molar-refractivity contribution in [3.05, 3.63) is 58.7 Å². The Morgan fingerprint density at radius 1 is 1.07 bits per heavy atom. The number of fused-ring (bicyclic) bond motifs is 3. The maximum absolute atomic E-state index is 12.9. The minimum absolute atomic E-state index is 0.173. The monoisotopic (exact) mass is 621 g/mol. The van der Waals surface area contributed by atoms with Gasteiger partial charge in [0.2, 0.25) is 5.95 Å². The van der Waals surface area contributed by atoms with Gasteiger partial charge in [0, 0.05) is 29.6 Å². The number of aryl methyl sites for hydroxylation is 2. The lowest BCUT2D eigenvalue weighted by molar-refractivity contribution is -0.274. The molecule has 2 saturated heterocycles. The van der Waals surface area contributed by atoms with Gasteiger partial charge in [-0.25, -0.2) is 4.98 Å². The summed E-state index contributed by atoms with van der Waals surface area (Å²) in [6, 6.07) is 11.1. The molecule has 2 bridgehead atoms. The van der Waals surface area contributed by atoms with Crippen molar-refractivity contribution >= 4 is 47.2 Å². The lowest BCUT2D eigenvalue weighted by atomic mass is 10.0. The van der Waals surface area contributed by atoms with E-state index in [-0.39, 0.29) is 22.1 Å². The molecule has 2 fully saturated rings. The average molecular weight is 622 g/mol. The number of benzene rings is 2. The minimum atomic E-state index is -4.87. The van der Waals surface area contributed by atoms with Crippen LogP contribution in [-0.2, 0) is 22.1 Å². The molecule has 1 aromatic heterocycles. The van der Waals surface area contributed by atoms with Crippen LogP contribution >= 0.6 is 18.7 Å². The number of nitrogens with one attached hydrogen (secondary N) is 2. The number of hydrogen-bond donors (Lipinski definition) is 2. The zero-order chi connectivity index (χ0) is 29.6. The van der Waals surface area contributed by atoms with Gasteiger partial charge >= 0.3 is 6.36 Å². The lowest BCUT2D eigenvalue weighted by Gasteiger charge is -2.34. The summed E-state index contributed by atoms with van der Waals surface area (Å²) in [5, 5.41) is 6.63. The van der Waals surface area contributed by atoms with Crippen molar-refractivity contribution in [2.24, 2.45) is 0 Å². The van der Waals surface area contributed by atoms with Crippen LogP contribution < -0.4 is 20.7 Å². The van der Waals surface area contributed by atoms with Crippen LogP contribution in [0.15, 0.2) is 42.6 Å². The van der Waals surface area contributed by atoms with Crippen LogP contribution in [0.25, 0.3) is 0 Å². The number of aromatic nitrogens is 2. The van der Waals surface area contributed by atoms with Crippen LogP contribution in [0.5, 0.6) is 5.75 Å². The van der Waals surface area contributed by atoms with Crippen LogP contribution in [0.1, 0.15) is 30.4 Å². The Kier molecular flexibility index (Phi) is 7.89. The van der Waals surface area contributed by atoms with E-state index in [1.807, 2.05) is 6.07 Å². The topological polar surface area (TPSA) is 88.6 Å². The highest BCUT2D eigenvalue weighted by molar-refractivity contribution is 7.70. The van der Waals surface area contributed by atoms with Crippen molar-refractivity contribution in [1.82, 2.24) is 14.9 Å². The highest BCUT2D eigenvalue weighted by atomic mass is 35.5. The van der Waals surface area contributed by atoms with Gasteiger partial charge in [-0.3, -0.25) is 4.90 Å². The van der Waals surface area contributed by atoms with E-state index in [0.717, 1.165) is 63.1 Å². The van der Waals surface area contributed by atoms with Crippen LogP contribution in [0.4, 0.5) is 36.3 Å². The number of anilines is 4. The Bertz CT molecular complexity index is 1530. The molecule has 8 nitrogen and oxygen atoms in total. The molecule has 3 aromatic rings. The van der Waals surface area contributed by atoms with Gasteiger partial charge in [0.1, 0.15) is 17.9 Å². The summed E-state index contributed by atoms with van der Waals surface area (Å²) in [6.07, 6.45) is 2.40. The van der Waals surface area contributed by atoms with Crippen molar-refractivity contribution < 1.29 is 27.2 Å². The first-order valence-electron chi connectivity index (χ1n) is 13.9. The normalized spacial score (nSPS) is 22.5. The van der Waals surface area contributed by atoms with E-state index in [1.54, 1.807) is 0 Å². The van der Waals surface area contributed by atoms with E-state index in [4.69, 9.17) is 16.3 Å². The van der Waals surface area contributed by atoms with Gasteiger partial charge in [-0.15, -0.1) is 13.2 Å². The van der Waals surface area contributed by atoms with Crippen molar-refractivity contribution in [2.75, 3.05) is 37.1 Å². The molecule has 13 heteroatoms. The van der Waals surface area contributed by atoms with Crippen LogP contribution in [0.2, 0.25) is 5.02 Å². The summed E-state index contributed by atoms with van der Waals surface area (Å²) in [5.74, 6) is 0.0466. The smallest absolute Gasteiger partial charge is 0.406 e. The van der Waals surface area contributed by atoms with Gasteiger partial charge < -0.3 is 24.7 Å². The van der Waals surface area contributed by atoms with E-state index >= 15 is 0 Å². The molecule has 0 spiro atoms. The van der Waals surface area contributed by atoms with Crippen molar-refractivity contribution in [3.8, 4) is 5.75 Å². The SMILES string of the molecule is CP(C)(=O)c1cc(OC(F)(F)F)ccc1Nc1nc(Nc2ccc3c(c2)CC[C@@H](N2C[C@H]4C[C@@H]2CO4)CC3)ncc1Cl. The molecule has 0 radical (unpaired) electrons. The Labute approximate surface area is 247 Å². The molecule has 3 atom stereocenters. The second kappa shape index (κ2) is 11.3. The number of likely N-dealkylation sites (tertiary alicyclic amines) is 1. The van der Waals surface area contributed by atoms with E-state index < -0.39 is 19.3 Å². The molecular weight excluding hydrogens is 590 g/mol. The predicted molar refractivity (Wildman–Crippen MR) is 158 cm³/mol. The number of halogens is 4. The maximum Gasteiger partial charge on any atom is 0.573 e. The number of nitrogens with zero attached hydrogens (tertiary/aromatic N) is 3. The number of morpholine rings is 1. The number of hydrogen-bond acceptors (Lipinski definition) is 8. The van der Waals surface area contributed by atoms with E-state index in [9.17, 15) is 17.7 Å². The standard InChI is InChI=1S/C29H32ClF3N5O3P/c1-42(2,39)26-13-22(41-29(31,32)33)9-10-25(26)36-27-24(30)14-34-28(37-27)35-19-6-3-17-4-7-20(8-5-18(17)11-19)38-15-23-12-21(38)16-40-23/h3,6,9-11,13-14,20-21,23H,4-5,7-8,12,15-16H2,1-2H3,(H2,34,35,36,37)/t20-,21+,23+/m0/s1. The molecule has 3 heterocycles. The largest absolute Gasteiger partial charge is 0.573 e. The van der Waals surface area contributed by atoms with Gasteiger partial charge in [-0.2, -0.15) is 4.98 Å². The fourth-order valence-electron chi connectivity index (χ4n) is 6.21. The number of rotatable bonds is 7. The first-order chi connectivity index (χ1) is 19.9. The van der Waals surface area contributed by atoms with Crippen molar-refractivity contribution in [2.45, 2.75) is 56.7 Å². The lowest BCUT2D eigenvalue weighted by Crippen LogP contribution is -2.44. The number of alkyl halides is 3. The molecule has 0 amide bonds. The molecule has 1 aliphatic carbocycles. The van der Waals surface area contributed by atoms with Gasteiger partial charge in [-0.05, 0) is 86.9 Å². The van der Waals surface area contributed by atoms with E-state index in [2.05, 4.69) is 42.4 Å². The van der Waals surface area contributed by atoms with E-state index in [1.165, 1.54) is 36.7 Å². The first-order valence-corrected chi connectivity index (χ1v) is 16.9. The zero-order valence-corrected chi connectivity index (χ0v) is 24.9. The van der Waals surface area contributed by atoms with Gasteiger partial charge in [-0.1, -0.05) is 17.7 Å². The van der Waals surface area contributed by atoms with Gasteiger partial charge in [0.15, 0.2) is 5.82 Å². The summed E-state index contributed by atoms with van der Waals surface area (Å²) in [4.78, 5) is 11.5. The predicted octanol–water partition coefficient (Wildman–Crippen LogP) is 6.48. The third-order valence-electron chi connectivity index (χ3n) is 8.15. The second-order valence-corrected chi connectivity index (χ2v) is 15.1. The molecule has 0 unspecified atom stereocenters. The van der Waals surface area contributed by atoms with E-state index in [0.29, 0.717) is 23.9 Å².